The van der Waals surface area contributed by atoms with Crippen LogP contribution in [0.2, 0.25) is 0 Å². The fourth-order valence-electron chi connectivity index (χ4n) is 2.09. The van der Waals surface area contributed by atoms with Gasteiger partial charge in [0, 0.05) is 31.6 Å². The van der Waals surface area contributed by atoms with Crippen LogP contribution in [0, 0.1) is 0 Å². The predicted molar refractivity (Wildman–Crippen MR) is 79.0 cm³/mol. The van der Waals surface area contributed by atoms with Crippen molar-refractivity contribution in [2.75, 3.05) is 26.2 Å². The largest absolute Gasteiger partial charge is 0.335 e. The van der Waals surface area contributed by atoms with Gasteiger partial charge in [-0.2, -0.15) is 0 Å². The van der Waals surface area contributed by atoms with Gasteiger partial charge in [0.05, 0.1) is 10.7 Å². The van der Waals surface area contributed by atoms with Gasteiger partial charge in [-0.15, -0.1) is 11.3 Å². The van der Waals surface area contributed by atoms with Crippen LogP contribution >= 0.6 is 11.3 Å². The summed E-state index contributed by atoms with van der Waals surface area (Å²) in [6.45, 7) is 11.9. The lowest BCUT2D eigenvalue weighted by molar-refractivity contribution is 0.0739. The lowest BCUT2D eigenvalue weighted by Crippen LogP contribution is -2.46. The summed E-state index contributed by atoms with van der Waals surface area (Å²) in [5, 5.41) is 4.33. The van der Waals surface area contributed by atoms with E-state index in [1.807, 2.05) is 4.90 Å². The fraction of sp³-hybridized carbons (Fsp3) is 0.714. The Balaban J connectivity index is 2.27. The van der Waals surface area contributed by atoms with Gasteiger partial charge in [0.2, 0.25) is 0 Å². The summed E-state index contributed by atoms with van der Waals surface area (Å²) in [4.78, 5) is 20.0. The summed E-state index contributed by atoms with van der Waals surface area (Å²) in [6.07, 6.45) is 0.819. The number of carbonyl (C=O) groups excluding carboxylic acids is 1. The van der Waals surface area contributed by atoms with Crippen molar-refractivity contribution in [1.29, 1.82) is 0 Å². The van der Waals surface area contributed by atoms with Crippen molar-refractivity contribution in [2.45, 2.75) is 39.5 Å². The summed E-state index contributed by atoms with van der Waals surface area (Å²) >= 11 is 1.57. The first-order chi connectivity index (χ1) is 8.93. The molecular formula is C14H23N3OS. The SMILES string of the molecule is CCc1nc(C(C)(C)C)sc1C(=O)N1CCNCC1. The minimum atomic E-state index is 0.0105. The third kappa shape index (κ3) is 3.15. The van der Waals surface area contributed by atoms with Crippen LogP contribution in [-0.4, -0.2) is 42.0 Å². The number of aryl methyl sites for hydroxylation is 1. The molecule has 1 aliphatic heterocycles. The van der Waals surface area contributed by atoms with E-state index >= 15 is 0 Å². The van der Waals surface area contributed by atoms with E-state index < -0.39 is 0 Å². The second kappa shape index (κ2) is 5.59. The van der Waals surface area contributed by atoms with Gasteiger partial charge < -0.3 is 10.2 Å². The number of nitrogens with zero attached hydrogens (tertiary/aromatic N) is 2. The molecule has 0 spiro atoms. The molecular weight excluding hydrogens is 258 g/mol. The molecule has 0 radical (unpaired) electrons. The molecule has 1 amide bonds. The minimum absolute atomic E-state index is 0.0105. The Kier molecular flexibility index (Phi) is 4.26. The van der Waals surface area contributed by atoms with E-state index in [4.69, 9.17) is 0 Å². The Hall–Kier alpha value is -0.940. The van der Waals surface area contributed by atoms with Crippen molar-refractivity contribution in [3.05, 3.63) is 15.6 Å². The second-order valence-corrected chi connectivity index (χ2v) is 6.94. The molecule has 1 aromatic heterocycles. The van der Waals surface area contributed by atoms with Crippen LogP contribution in [0.15, 0.2) is 0 Å². The Labute approximate surface area is 119 Å². The summed E-state index contributed by atoms with van der Waals surface area (Å²) in [6, 6.07) is 0. The van der Waals surface area contributed by atoms with Crippen LogP contribution in [-0.2, 0) is 11.8 Å². The topological polar surface area (TPSA) is 45.2 Å². The first kappa shape index (κ1) is 14.5. The Morgan fingerprint density at radius 3 is 2.53 bits per heavy atom. The van der Waals surface area contributed by atoms with Gasteiger partial charge in [0.1, 0.15) is 4.88 Å². The van der Waals surface area contributed by atoms with Crippen LogP contribution in [0.3, 0.4) is 0 Å². The highest BCUT2D eigenvalue weighted by Crippen LogP contribution is 2.30. The van der Waals surface area contributed by atoms with Gasteiger partial charge in [-0.1, -0.05) is 27.7 Å². The van der Waals surface area contributed by atoms with Crippen LogP contribution in [0.1, 0.15) is 48.1 Å². The summed E-state index contributed by atoms with van der Waals surface area (Å²) in [7, 11) is 0. The number of carbonyl (C=O) groups is 1. The van der Waals surface area contributed by atoms with Gasteiger partial charge in [0.25, 0.3) is 5.91 Å². The van der Waals surface area contributed by atoms with E-state index in [-0.39, 0.29) is 11.3 Å². The molecule has 0 bridgehead atoms. The maximum absolute atomic E-state index is 12.6. The average Bonchev–Trinajstić information content (AvgIpc) is 2.83. The smallest absolute Gasteiger partial charge is 0.265 e. The Morgan fingerprint density at radius 1 is 1.37 bits per heavy atom. The fourth-order valence-corrected chi connectivity index (χ4v) is 3.27. The molecule has 1 aromatic rings. The van der Waals surface area contributed by atoms with Gasteiger partial charge in [-0.3, -0.25) is 4.79 Å². The number of hydrogen-bond donors (Lipinski definition) is 1. The zero-order valence-electron chi connectivity index (χ0n) is 12.2. The highest BCUT2D eigenvalue weighted by molar-refractivity contribution is 7.14. The molecule has 0 saturated carbocycles. The molecule has 0 aliphatic carbocycles. The maximum Gasteiger partial charge on any atom is 0.265 e. The highest BCUT2D eigenvalue weighted by Gasteiger charge is 2.27. The lowest BCUT2D eigenvalue weighted by atomic mass is 9.98. The van der Waals surface area contributed by atoms with E-state index in [1.54, 1.807) is 11.3 Å². The van der Waals surface area contributed by atoms with Crippen LogP contribution < -0.4 is 5.32 Å². The van der Waals surface area contributed by atoms with Crippen molar-refractivity contribution >= 4 is 17.2 Å². The van der Waals surface area contributed by atoms with Crippen molar-refractivity contribution < 1.29 is 4.79 Å². The average molecular weight is 281 g/mol. The number of nitrogens with one attached hydrogen (secondary N) is 1. The number of hydrogen-bond acceptors (Lipinski definition) is 4. The van der Waals surface area contributed by atoms with Gasteiger partial charge >= 0.3 is 0 Å². The Bertz CT molecular complexity index is 456. The number of rotatable bonds is 2. The summed E-state index contributed by atoms with van der Waals surface area (Å²) in [5.41, 5.74) is 0.967. The maximum atomic E-state index is 12.6. The van der Waals surface area contributed by atoms with Gasteiger partial charge in [-0.05, 0) is 6.42 Å². The second-order valence-electron chi connectivity index (χ2n) is 5.94. The van der Waals surface area contributed by atoms with Crippen LogP contribution in [0.5, 0.6) is 0 Å². The molecule has 2 heterocycles. The van der Waals surface area contributed by atoms with E-state index in [0.717, 1.165) is 48.2 Å². The molecule has 4 nitrogen and oxygen atoms in total. The van der Waals surface area contributed by atoms with E-state index in [0.29, 0.717) is 0 Å². The normalized spacial score (nSPS) is 16.7. The summed E-state index contributed by atoms with van der Waals surface area (Å²) in [5.74, 6) is 0.159. The van der Waals surface area contributed by atoms with Crippen LogP contribution in [0.25, 0.3) is 0 Å². The Morgan fingerprint density at radius 2 is 2.00 bits per heavy atom. The minimum Gasteiger partial charge on any atom is -0.335 e. The van der Waals surface area contributed by atoms with Gasteiger partial charge in [0.15, 0.2) is 0 Å². The molecule has 1 fully saturated rings. The third-order valence-corrected chi connectivity index (χ3v) is 4.78. The highest BCUT2D eigenvalue weighted by atomic mass is 32.1. The predicted octanol–water partition coefficient (Wildman–Crippen LogP) is 2.05. The standard InChI is InChI=1S/C14H23N3OS/c1-5-10-11(19-13(16-10)14(2,3)4)12(18)17-8-6-15-7-9-17/h15H,5-9H2,1-4H3. The van der Waals surface area contributed by atoms with Crippen molar-refractivity contribution in [3.63, 3.8) is 0 Å². The first-order valence-electron chi connectivity index (χ1n) is 6.93. The molecule has 0 unspecified atom stereocenters. The molecule has 2 rings (SSSR count). The zero-order valence-corrected chi connectivity index (χ0v) is 13.1. The number of piperazine rings is 1. The van der Waals surface area contributed by atoms with Crippen molar-refractivity contribution in [3.8, 4) is 0 Å². The van der Waals surface area contributed by atoms with Crippen molar-refractivity contribution in [1.82, 2.24) is 15.2 Å². The monoisotopic (exact) mass is 281 g/mol. The van der Waals surface area contributed by atoms with Gasteiger partial charge in [-0.25, -0.2) is 4.98 Å². The van der Waals surface area contributed by atoms with E-state index in [9.17, 15) is 4.79 Å². The molecule has 1 saturated heterocycles. The molecule has 0 atom stereocenters. The number of thiazole rings is 1. The van der Waals surface area contributed by atoms with E-state index in [2.05, 4.69) is 38.0 Å². The first-order valence-corrected chi connectivity index (χ1v) is 7.75. The summed E-state index contributed by atoms with van der Waals surface area (Å²) < 4.78 is 0. The molecule has 1 aliphatic rings. The molecule has 19 heavy (non-hydrogen) atoms. The number of amides is 1. The van der Waals surface area contributed by atoms with Crippen LogP contribution in [0.4, 0.5) is 0 Å². The van der Waals surface area contributed by atoms with E-state index in [1.165, 1.54) is 0 Å². The number of aromatic nitrogens is 1. The molecule has 0 aromatic carbocycles. The van der Waals surface area contributed by atoms with Crippen molar-refractivity contribution in [2.24, 2.45) is 0 Å². The quantitative estimate of drug-likeness (QED) is 0.902. The zero-order chi connectivity index (χ0) is 14.0. The molecule has 5 heteroatoms. The third-order valence-electron chi connectivity index (χ3n) is 3.27. The molecule has 106 valence electrons. The lowest BCUT2D eigenvalue weighted by Gasteiger charge is -2.27. The molecule has 1 N–H and O–H groups in total.